The maximum absolute atomic E-state index is 5.21. The molecule has 62 valence electrons. The number of hydrogen-bond donors (Lipinski definition) is 2. The van der Waals surface area contributed by atoms with E-state index in [1.807, 2.05) is 0 Å². The second-order valence-electron chi connectivity index (χ2n) is 2.69. The molecule has 0 aliphatic carbocycles. The number of ether oxygens (including phenoxy) is 1. The molecule has 0 saturated heterocycles. The van der Waals surface area contributed by atoms with E-state index in [9.17, 15) is 0 Å². The maximum Gasteiger partial charge on any atom is 0.0543 e. The van der Waals surface area contributed by atoms with Gasteiger partial charge in [-0.2, -0.15) is 0 Å². The van der Waals surface area contributed by atoms with E-state index < -0.39 is 0 Å². The van der Waals surface area contributed by atoms with Crippen LogP contribution in [0.1, 0.15) is 26.7 Å². The van der Waals surface area contributed by atoms with Gasteiger partial charge in [0.05, 0.1) is 6.10 Å². The Hall–Kier alpha value is -0.120. The summed E-state index contributed by atoms with van der Waals surface area (Å²) in [5.41, 5.74) is 2.69. The summed E-state index contributed by atoms with van der Waals surface area (Å²) in [5, 5.41) is 0. The Morgan fingerprint density at radius 2 is 2.00 bits per heavy atom. The number of rotatable bonds is 5. The van der Waals surface area contributed by atoms with Gasteiger partial charge in [-0.1, -0.05) is 0 Å². The number of hydrazine groups is 1. The fourth-order valence-electron chi connectivity index (χ4n) is 0.686. The monoisotopic (exact) mass is 146 g/mol. The van der Waals surface area contributed by atoms with Crippen LogP contribution >= 0.6 is 0 Å². The van der Waals surface area contributed by atoms with Crippen molar-refractivity contribution in [1.82, 2.24) is 5.43 Å². The third-order valence-corrected chi connectivity index (χ3v) is 1.69. The summed E-state index contributed by atoms with van der Waals surface area (Å²) in [6.07, 6.45) is 2.46. The third-order valence-electron chi connectivity index (χ3n) is 1.69. The van der Waals surface area contributed by atoms with Gasteiger partial charge in [0.1, 0.15) is 0 Å². The Labute approximate surface area is 62.9 Å². The Bertz CT molecular complexity index is 68.0. The average Bonchev–Trinajstić information content (AvgIpc) is 1.99. The topological polar surface area (TPSA) is 47.3 Å². The van der Waals surface area contributed by atoms with Crippen molar-refractivity contribution in [3.05, 3.63) is 0 Å². The van der Waals surface area contributed by atoms with E-state index >= 15 is 0 Å². The minimum Gasteiger partial charge on any atom is -0.382 e. The number of nitrogens with one attached hydrogen (secondary N) is 1. The van der Waals surface area contributed by atoms with Crippen LogP contribution in [0, 0.1) is 0 Å². The maximum atomic E-state index is 5.21. The standard InChI is InChI=1S/C7H18N2O/c1-6(9-8)4-5-7(2)10-3/h6-7,9H,4-5,8H2,1-3H3. The predicted molar refractivity (Wildman–Crippen MR) is 42.5 cm³/mol. The van der Waals surface area contributed by atoms with Gasteiger partial charge in [0.15, 0.2) is 0 Å². The van der Waals surface area contributed by atoms with E-state index in [-0.39, 0.29) is 0 Å². The first-order valence-corrected chi connectivity index (χ1v) is 3.69. The van der Waals surface area contributed by atoms with E-state index in [2.05, 4.69) is 19.3 Å². The van der Waals surface area contributed by atoms with Gasteiger partial charge in [-0.15, -0.1) is 0 Å². The van der Waals surface area contributed by atoms with E-state index in [0.717, 1.165) is 12.8 Å². The highest BCUT2D eigenvalue weighted by Crippen LogP contribution is 2.02. The molecular weight excluding hydrogens is 128 g/mol. The van der Waals surface area contributed by atoms with Crippen LogP contribution in [-0.4, -0.2) is 19.3 Å². The highest BCUT2D eigenvalue weighted by atomic mass is 16.5. The zero-order valence-corrected chi connectivity index (χ0v) is 7.05. The molecule has 2 atom stereocenters. The molecule has 0 aliphatic heterocycles. The zero-order chi connectivity index (χ0) is 7.98. The van der Waals surface area contributed by atoms with Crippen LogP contribution in [0.3, 0.4) is 0 Å². The summed E-state index contributed by atoms with van der Waals surface area (Å²) < 4.78 is 5.08. The van der Waals surface area contributed by atoms with E-state index in [4.69, 9.17) is 10.6 Å². The second-order valence-corrected chi connectivity index (χ2v) is 2.69. The van der Waals surface area contributed by atoms with Gasteiger partial charge in [-0.3, -0.25) is 11.3 Å². The summed E-state index contributed by atoms with van der Waals surface area (Å²) in [4.78, 5) is 0. The van der Waals surface area contributed by atoms with Crippen LogP contribution in [0.15, 0.2) is 0 Å². The molecule has 0 aromatic carbocycles. The van der Waals surface area contributed by atoms with Crippen molar-refractivity contribution in [2.24, 2.45) is 5.84 Å². The molecule has 0 aliphatic rings. The van der Waals surface area contributed by atoms with Crippen molar-refractivity contribution >= 4 is 0 Å². The lowest BCUT2D eigenvalue weighted by atomic mass is 10.1. The lowest BCUT2D eigenvalue weighted by Gasteiger charge is -2.12. The van der Waals surface area contributed by atoms with Crippen LogP contribution < -0.4 is 11.3 Å². The molecule has 0 heterocycles. The molecule has 3 heteroatoms. The number of hydrogen-bond acceptors (Lipinski definition) is 3. The molecule has 0 bridgehead atoms. The smallest absolute Gasteiger partial charge is 0.0543 e. The Morgan fingerprint density at radius 1 is 1.40 bits per heavy atom. The fraction of sp³-hybridized carbons (Fsp3) is 1.00. The molecule has 2 unspecified atom stereocenters. The summed E-state index contributed by atoms with van der Waals surface area (Å²) in [6.45, 7) is 4.12. The SMILES string of the molecule is COC(C)CCC(C)NN. The van der Waals surface area contributed by atoms with Crippen molar-refractivity contribution in [2.75, 3.05) is 7.11 Å². The van der Waals surface area contributed by atoms with Gasteiger partial charge in [0.2, 0.25) is 0 Å². The predicted octanol–water partition coefficient (Wildman–Crippen LogP) is 0.653. The van der Waals surface area contributed by atoms with E-state index in [0.29, 0.717) is 12.1 Å². The van der Waals surface area contributed by atoms with Gasteiger partial charge >= 0.3 is 0 Å². The molecular formula is C7H18N2O. The Morgan fingerprint density at radius 3 is 2.40 bits per heavy atom. The first-order chi connectivity index (χ1) is 4.70. The molecule has 0 saturated carbocycles. The van der Waals surface area contributed by atoms with Crippen molar-refractivity contribution in [1.29, 1.82) is 0 Å². The Balaban J connectivity index is 3.17. The molecule has 0 aromatic rings. The lowest BCUT2D eigenvalue weighted by molar-refractivity contribution is 0.106. The van der Waals surface area contributed by atoms with Crippen molar-refractivity contribution in [3.8, 4) is 0 Å². The van der Waals surface area contributed by atoms with E-state index in [1.165, 1.54) is 0 Å². The molecule has 0 spiro atoms. The highest BCUT2D eigenvalue weighted by molar-refractivity contribution is 4.58. The minimum absolute atomic E-state index is 0.343. The summed E-state index contributed by atoms with van der Waals surface area (Å²) in [6, 6.07) is 0.387. The van der Waals surface area contributed by atoms with Crippen LogP contribution in [-0.2, 0) is 4.74 Å². The molecule has 10 heavy (non-hydrogen) atoms. The molecule has 0 fully saturated rings. The van der Waals surface area contributed by atoms with Crippen LogP contribution in [0.5, 0.6) is 0 Å². The largest absolute Gasteiger partial charge is 0.382 e. The van der Waals surface area contributed by atoms with Crippen molar-refractivity contribution in [3.63, 3.8) is 0 Å². The van der Waals surface area contributed by atoms with Crippen molar-refractivity contribution in [2.45, 2.75) is 38.8 Å². The first kappa shape index (κ1) is 9.88. The van der Waals surface area contributed by atoms with Gasteiger partial charge in [-0.25, -0.2) is 0 Å². The third kappa shape index (κ3) is 4.73. The van der Waals surface area contributed by atoms with Gasteiger partial charge in [-0.05, 0) is 26.7 Å². The molecule has 0 rings (SSSR count). The average molecular weight is 146 g/mol. The summed E-state index contributed by atoms with van der Waals surface area (Å²) >= 11 is 0. The molecule has 3 N–H and O–H groups in total. The zero-order valence-electron chi connectivity index (χ0n) is 7.05. The van der Waals surface area contributed by atoms with Gasteiger partial charge in [0.25, 0.3) is 0 Å². The molecule has 3 nitrogen and oxygen atoms in total. The number of methoxy groups -OCH3 is 1. The van der Waals surface area contributed by atoms with Crippen LogP contribution in [0.4, 0.5) is 0 Å². The Kier molecular flexibility index (Phi) is 5.58. The van der Waals surface area contributed by atoms with Gasteiger partial charge < -0.3 is 4.74 Å². The minimum atomic E-state index is 0.343. The normalized spacial score (nSPS) is 16.8. The van der Waals surface area contributed by atoms with E-state index in [1.54, 1.807) is 7.11 Å². The summed E-state index contributed by atoms with van der Waals surface area (Å²) in [7, 11) is 1.73. The second kappa shape index (κ2) is 5.65. The molecule has 0 radical (unpaired) electrons. The van der Waals surface area contributed by atoms with Gasteiger partial charge in [0, 0.05) is 13.2 Å². The quantitative estimate of drug-likeness (QED) is 0.442. The highest BCUT2D eigenvalue weighted by Gasteiger charge is 2.02. The first-order valence-electron chi connectivity index (χ1n) is 3.69. The molecule has 0 aromatic heterocycles. The van der Waals surface area contributed by atoms with Crippen molar-refractivity contribution < 1.29 is 4.74 Å². The lowest BCUT2D eigenvalue weighted by Crippen LogP contribution is -2.33. The molecule has 0 amide bonds. The van der Waals surface area contributed by atoms with Crippen LogP contribution in [0.2, 0.25) is 0 Å². The van der Waals surface area contributed by atoms with Crippen LogP contribution in [0.25, 0.3) is 0 Å². The fourth-order valence-corrected chi connectivity index (χ4v) is 0.686. The summed E-state index contributed by atoms with van der Waals surface area (Å²) in [5.74, 6) is 5.21. The number of nitrogens with two attached hydrogens (primary N) is 1.